The van der Waals surface area contributed by atoms with Gasteiger partial charge in [-0.05, 0) is 49.2 Å². The van der Waals surface area contributed by atoms with E-state index in [1.54, 1.807) is 18.2 Å². The Labute approximate surface area is 244 Å². The number of benzene rings is 2. The SMILES string of the molecule is CCCOC(=O)C(c1ccc(-c2ccc(OCCC)cc2C(F)(F)F)nc1)n1cc2nc(-c3ccccc3F)nc-2cn1. The lowest BCUT2D eigenvalue weighted by molar-refractivity contribution is -0.146. The van der Waals surface area contributed by atoms with Crippen LogP contribution in [0.15, 0.2) is 73.2 Å². The molecular weight excluding hydrogens is 566 g/mol. The van der Waals surface area contributed by atoms with Gasteiger partial charge >= 0.3 is 12.1 Å². The van der Waals surface area contributed by atoms with E-state index in [-0.39, 0.29) is 41.6 Å². The van der Waals surface area contributed by atoms with Crippen molar-refractivity contribution in [2.24, 2.45) is 0 Å². The van der Waals surface area contributed by atoms with Crippen molar-refractivity contribution < 1.29 is 31.8 Å². The molecule has 1 atom stereocenters. The van der Waals surface area contributed by atoms with Crippen molar-refractivity contribution in [3.05, 3.63) is 90.1 Å². The molecule has 3 aromatic rings. The minimum absolute atomic E-state index is 0.0589. The Morgan fingerprint density at radius 2 is 1.67 bits per heavy atom. The zero-order valence-electron chi connectivity index (χ0n) is 23.3. The standard InChI is InChI=1S/C31H27F4N5O3/c1-3-13-42-20-10-11-21(23(15-20)31(33,34)35)25-12-9-19(16-36-25)28(30(41)43-14-4-2)40-18-27-26(17-37-40)38-29(39-27)22-7-5-6-8-24(22)32/h5-12,15-18,28H,3-4,13-14H2,1-2H3. The second kappa shape index (κ2) is 12.6. The molecule has 0 N–H and O–H groups in total. The average Bonchev–Trinajstić information content (AvgIpc) is 3.42. The number of hydrogen-bond acceptors (Lipinski definition) is 7. The van der Waals surface area contributed by atoms with Gasteiger partial charge in [0.25, 0.3) is 0 Å². The smallest absolute Gasteiger partial charge is 0.417 e. The van der Waals surface area contributed by atoms with Crippen LogP contribution in [0.25, 0.3) is 34.0 Å². The zero-order valence-corrected chi connectivity index (χ0v) is 23.3. The molecule has 0 amide bonds. The number of nitrogens with zero attached hydrogens (tertiary/aromatic N) is 5. The second-order valence-corrected chi connectivity index (χ2v) is 9.65. The first kappa shape index (κ1) is 29.6. The van der Waals surface area contributed by atoms with E-state index in [1.807, 2.05) is 13.8 Å². The third kappa shape index (κ3) is 6.47. The van der Waals surface area contributed by atoms with E-state index in [9.17, 15) is 22.4 Å². The molecule has 0 spiro atoms. The lowest BCUT2D eigenvalue weighted by Gasteiger charge is -2.19. The summed E-state index contributed by atoms with van der Waals surface area (Å²) in [6, 6.07) is 11.6. The fraction of sp³-hybridized carbons (Fsp3) is 0.258. The van der Waals surface area contributed by atoms with Gasteiger partial charge in [0, 0.05) is 17.3 Å². The van der Waals surface area contributed by atoms with Crippen molar-refractivity contribution in [1.29, 1.82) is 0 Å². The number of pyridine rings is 1. The summed E-state index contributed by atoms with van der Waals surface area (Å²) in [5.41, 5.74) is 0.318. The Hall–Kier alpha value is -4.87. The lowest BCUT2D eigenvalue weighted by Crippen LogP contribution is -2.25. The lowest BCUT2D eigenvalue weighted by atomic mass is 10.0. The highest BCUT2D eigenvalue weighted by atomic mass is 19.4. The van der Waals surface area contributed by atoms with Crippen LogP contribution in [-0.2, 0) is 15.7 Å². The molecule has 0 aliphatic carbocycles. The molecule has 43 heavy (non-hydrogen) atoms. The van der Waals surface area contributed by atoms with Crippen LogP contribution in [0.5, 0.6) is 5.75 Å². The Kier molecular flexibility index (Phi) is 8.65. The van der Waals surface area contributed by atoms with Gasteiger partial charge in [0.1, 0.15) is 23.0 Å². The Balaban J connectivity index is 1.52. The van der Waals surface area contributed by atoms with Gasteiger partial charge in [0.2, 0.25) is 0 Å². The number of alkyl halides is 3. The maximum Gasteiger partial charge on any atom is 0.417 e. The highest BCUT2D eigenvalue weighted by Crippen LogP contribution is 2.39. The molecular formula is C31H27F4N5O3. The fourth-order valence-corrected chi connectivity index (χ4v) is 4.44. The molecule has 2 aliphatic rings. The third-order valence-electron chi connectivity index (χ3n) is 6.48. The summed E-state index contributed by atoms with van der Waals surface area (Å²) in [5, 5.41) is 4.33. The van der Waals surface area contributed by atoms with Crippen molar-refractivity contribution in [1.82, 2.24) is 24.7 Å². The largest absolute Gasteiger partial charge is 0.494 e. The molecule has 1 unspecified atom stereocenters. The zero-order chi connectivity index (χ0) is 30.6. The Morgan fingerprint density at radius 3 is 2.37 bits per heavy atom. The van der Waals surface area contributed by atoms with Gasteiger partial charge in [0.15, 0.2) is 11.9 Å². The molecule has 2 aromatic carbocycles. The van der Waals surface area contributed by atoms with Crippen LogP contribution < -0.4 is 4.74 Å². The maximum absolute atomic E-state index is 14.3. The molecule has 0 radical (unpaired) electrons. The first-order chi connectivity index (χ1) is 20.7. The van der Waals surface area contributed by atoms with Gasteiger partial charge in [-0.2, -0.15) is 18.3 Å². The maximum atomic E-state index is 14.3. The van der Waals surface area contributed by atoms with Gasteiger partial charge in [-0.15, -0.1) is 0 Å². The quantitative estimate of drug-likeness (QED) is 0.127. The highest BCUT2D eigenvalue weighted by Gasteiger charge is 2.35. The average molecular weight is 594 g/mol. The van der Waals surface area contributed by atoms with Gasteiger partial charge in [-0.3, -0.25) is 9.67 Å². The van der Waals surface area contributed by atoms with Crippen LogP contribution in [0, 0.1) is 5.82 Å². The molecule has 0 saturated carbocycles. The van der Waals surface area contributed by atoms with Crippen molar-refractivity contribution in [3.63, 3.8) is 0 Å². The summed E-state index contributed by atoms with van der Waals surface area (Å²) in [5.74, 6) is -0.853. The number of fused-ring (bicyclic) bond motifs is 1. The molecule has 0 bridgehead atoms. The number of esters is 1. The minimum atomic E-state index is -4.65. The molecule has 12 heteroatoms. The van der Waals surface area contributed by atoms with E-state index in [0.29, 0.717) is 29.8 Å². The van der Waals surface area contributed by atoms with Gasteiger partial charge in [-0.25, -0.2) is 19.2 Å². The first-order valence-corrected chi connectivity index (χ1v) is 13.6. The van der Waals surface area contributed by atoms with E-state index >= 15 is 0 Å². The number of aromatic nitrogens is 5. The molecule has 3 heterocycles. The molecule has 0 fully saturated rings. The number of halogens is 4. The molecule has 5 rings (SSSR count). The summed E-state index contributed by atoms with van der Waals surface area (Å²) in [4.78, 5) is 26.3. The number of rotatable bonds is 10. The fourth-order valence-electron chi connectivity index (χ4n) is 4.44. The van der Waals surface area contributed by atoms with Crippen molar-refractivity contribution in [3.8, 4) is 39.8 Å². The van der Waals surface area contributed by atoms with Crippen LogP contribution in [0.1, 0.15) is 43.9 Å². The highest BCUT2D eigenvalue weighted by molar-refractivity contribution is 5.78. The summed E-state index contributed by atoms with van der Waals surface area (Å²) < 4.78 is 68.3. The number of hydrogen-bond donors (Lipinski definition) is 0. The number of carbonyl (C=O) groups excluding carboxylic acids is 1. The number of ether oxygens (including phenoxy) is 2. The summed E-state index contributed by atoms with van der Waals surface area (Å²) in [6.07, 6.45) is 0.770. The summed E-state index contributed by atoms with van der Waals surface area (Å²) in [7, 11) is 0. The normalized spacial score (nSPS) is 12.3. The molecule has 2 aliphatic heterocycles. The van der Waals surface area contributed by atoms with Crippen LogP contribution in [-0.4, -0.2) is 43.9 Å². The van der Waals surface area contributed by atoms with Crippen LogP contribution in [0.3, 0.4) is 0 Å². The van der Waals surface area contributed by atoms with Gasteiger partial charge < -0.3 is 9.47 Å². The predicted molar refractivity (Wildman–Crippen MR) is 150 cm³/mol. The minimum Gasteiger partial charge on any atom is -0.494 e. The Morgan fingerprint density at radius 1 is 0.907 bits per heavy atom. The van der Waals surface area contributed by atoms with Gasteiger partial charge in [0.05, 0.1) is 42.4 Å². The van der Waals surface area contributed by atoms with Crippen molar-refractivity contribution >= 4 is 5.97 Å². The predicted octanol–water partition coefficient (Wildman–Crippen LogP) is 7.00. The van der Waals surface area contributed by atoms with E-state index in [0.717, 1.165) is 6.07 Å². The molecule has 0 saturated heterocycles. The monoisotopic (exact) mass is 593 g/mol. The van der Waals surface area contributed by atoms with Gasteiger partial charge in [-0.1, -0.05) is 32.0 Å². The van der Waals surface area contributed by atoms with Crippen molar-refractivity contribution in [2.45, 2.75) is 38.9 Å². The number of carbonyl (C=O) groups is 1. The first-order valence-electron chi connectivity index (χ1n) is 13.6. The molecule has 222 valence electrons. The second-order valence-electron chi connectivity index (χ2n) is 9.65. The third-order valence-corrected chi connectivity index (χ3v) is 6.48. The van der Waals surface area contributed by atoms with Crippen LogP contribution >= 0.6 is 0 Å². The molecule has 8 nitrogen and oxygen atoms in total. The van der Waals surface area contributed by atoms with Crippen LogP contribution in [0.4, 0.5) is 17.6 Å². The van der Waals surface area contributed by atoms with E-state index in [4.69, 9.17) is 9.47 Å². The number of imidazole rings is 1. The summed E-state index contributed by atoms with van der Waals surface area (Å²) in [6.45, 7) is 4.14. The van der Waals surface area contributed by atoms with Crippen LogP contribution in [0.2, 0.25) is 0 Å². The van der Waals surface area contributed by atoms with E-state index in [2.05, 4.69) is 20.1 Å². The van der Waals surface area contributed by atoms with E-state index < -0.39 is 29.6 Å². The molecule has 1 aromatic heterocycles. The van der Waals surface area contributed by atoms with Crippen molar-refractivity contribution in [2.75, 3.05) is 13.2 Å². The summed E-state index contributed by atoms with van der Waals surface area (Å²) >= 11 is 0. The van der Waals surface area contributed by atoms with E-state index in [1.165, 1.54) is 53.6 Å². The topological polar surface area (TPSA) is 92.0 Å². The Bertz CT molecular complexity index is 1690.